The second-order valence-corrected chi connectivity index (χ2v) is 8.37. The van der Waals surface area contributed by atoms with Crippen molar-refractivity contribution in [3.63, 3.8) is 0 Å². The molecule has 0 aliphatic carbocycles. The molecule has 0 aliphatic heterocycles. The molecule has 0 fully saturated rings. The number of carboxylic acid groups (broad SMARTS) is 1. The number of carbonyl (C=O) groups is 1. The van der Waals surface area contributed by atoms with E-state index in [0.717, 1.165) is 41.2 Å². The highest BCUT2D eigenvalue weighted by Crippen LogP contribution is 2.32. The van der Waals surface area contributed by atoms with Crippen LogP contribution in [0.25, 0.3) is 10.8 Å². The lowest BCUT2D eigenvalue weighted by molar-refractivity contribution is 0.0697. The number of hydrogen-bond donors (Lipinski definition) is 2. The van der Waals surface area contributed by atoms with Gasteiger partial charge in [-0.1, -0.05) is 60.7 Å². The molecular formula is C26H23NO4S. The summed E-state index contributed by atoms with van der Waals surface area (Å²) in [5.74, 6) is -0.934. The number of hydrogen-bond acceptors (Lipinski definition) is 2. The van der Waals surface area contributed by atoms with Crippen molar-refractivity contribution < 1.29 is 18.7 Å². The van der Waals surface area contributed by atoms with Gasteiger partial charge in [-0.3, -0.25) is 4.55 Å². The number of para-hydroxylation sites is 1. The molecule has 0 spiro atoms. The Hall–Kier alpha value is -3.48. The van der Waals surface area contributed by atoms with Crippen LogP contribution in [0.3, 0.4) is 0 Å². The summed E-state index contributed by atoms with van der Waals surface area (Å²) >= 11 is -2.23. The first-order chi connectivity index (χ1) is 15.5. The molecular weight excluding hydrogens is 422 g/mol. The SMILES string of the molecule is O=C(O)c1ccc(CCCc2ccccc2N(c2ccc3ccccc3c2)S(=O)O)cc1. The van der Waals surface area contributed by atoms with Crippen LogP contribution in [0, 0.1) is 0 Å². The van der Waals surface area contributed by atoms with Crippen molar-refractivity contribution in [1.82, 2.24) is 0 Å². The fraction of sp³-hybridized carbons (Fsp3) is 0.115. The highest BCUT2D eigenvalue weighted by atomic mass is 32.2. The lowest BCUT2D eigenvalue weighted by Crippen LogP contribution is -2.20. The van der Waals surface area contributed by atoms with Crippen molar-refractivity contribution in [2.45, 2.75) is 19.3 Å². The topological polar surface area (TPSA) is 77.8 Å². The minimum Gasteiger partial charge on any atom is -0.478 e. The van der Waals surface area contributed by atoms with Crippen LogP contribution in [0.15, 0.2) is 91.0 Å². The maximum absolute atomic E-state index is 12.4. The van der Waals surface area contributed by atoms with E-state index in [4.69, 9.17) is 5.11 Å². The van der Waals surface area contributed by atoms with E-state index in [-0.39, 0.29) is 5.56 Å². The number of benzene rings is 4. The fourth-order valence-corrected chi connectivity index (χ4v) is 4.47. The molecule has 5 nitrogen and oxygen atoms in total. The van der Waals surface area contributed by atoms with E-state index >= 15 is 0 Å². The molecule has 162 valence electrons. The van der Waals surface area contributed by atoms with Crippen LogP contribution in [0.5, 0.6) is 0 Å². The van der Waals surface area contributed by atoms with Gasteiger partial charge in [0, 0.05) is 0 Å². The largest absolute Gasteiger partial charge is 0.478 e. The lowest BCUT2D eigenvalue weighted by Gasteiger charge is -2.23. The number of carboxylic acids is 1. The maximum atomic E-state index is 12.4. The summed E-state index contributed by atoms with van der Waals surface area (Å²) in [5.41, 5.74) is 3.66. The van der Waals surface area contributed by atoms with Gasteiger partial charge in [-0.25, -0.2) is 13.3 Å². The van der Waals surface area contributed by atoms with Crippen LogP contribution >= 0.6 is 0 Å². The number of aryl methyl sites for hydroxylation is 2. The number of rotatable bonds is 8. The van der Waals surface area contributed by atoms with E-state index in [1.165, 1.54) is 4.31 Å². The van der Waals surface area contributed by atoms with Gasteiger partial charge in [-0.15, -0.1) is 0 Å². The Morgan fingerprint density at radius 3 is 2.22 bits per heavy atom. The highest BCUT2D eigenvalue weighted by molar-refractivity contribution is 7.81. The molecule has 0 aliphatic rings. The summed E-state index contributed by atoms with van der Waals surface area (Å²) in [6.07, 6.45) is 2.33. The van der Waals surface area contributed by atoms with Gasteiger partial charge in [0.1, 0.15) is 0 Å². The van der Waals surface area contributed by atoms with Gasteiger partial charge >= 0.3 is 5.97 Å². The molecule has 6 heteroatoms. The summed E-state index contributed by atoms with van der Waals surface area (Å²) in [6.45, 7) is 0. The van der Waals surface area contributed by atoms with Crippen molar-refractivity contribution in [2.24, 2.45) is 0 Å². The Bertz CT molecular complexity index is 1270. The highest BCUT2D eigenvalue weighted by Gasteiger charge is 2.18. The van der Waals surface area contributed by atoms with Gasteiger partial charge in [0.05, 0.1) is 16.9 Å². The van der Waals surface area contributed by atoms with Gasteiger partial charge in [-0.05, 0) is 71.5 Å². The number of aromatic carboxylic acids is 1. The van der Waals surface area contributed by atoms with Crippen LogP contribution in [0.4, 0.5) is 11.4 Å². The Morgan fingerprint density at radius 2 is 1.50 bits per heavy atom. The van der Waals surface area contributed by atoms with E-state index in [2.05, 4.69) is 0 Å². The molecule has 0 aromatic heterocycles. The minimum absolute atomic E-state index is 0.274. The van der Waals surface area contributed by atoms with E-state index in [0.29, 0.717) is 11.4 Å². The molecule has 32 heavy (non-hydrogen) atoms. The molecule has 2 N–H and O–H groups in total. The van der Waals surface area contributed by atoms with Crippen LogP contribution < -0.4 is 4.31 Å². The smallest absolute Gasteiger partial charge is 0.335 e. The predicted octanol–water partition coefficient (Wildman–Crippen LogP) is 5.99. The van der Waals surface area contributed by atoms with Crippen molar-refractivity contribution in [3.05, 3.63) is 108 Å². The third-order valence-corrected chi connectivity index (χ3v) is 6.17. The zero-order valence-corrected chi connectivity index (χ0v) is 18.2. The van der Waals surface area contributed by atoms with Gasteiger partial charge in [0.25, 0.3) is 11.3 Å². The average molecular weight is 446 g/mol. The Kier molecular flexibility index (Phi) is 6.63. The molecule has 4 rings (SSSR count). The number of anilines is 2. The molecule has 0 bridgehead atoms. The summed E-state index contributed by atoms with van der Waals surface area (Å²) in [4.78, 5) is 11.0. The maximum Gasteiger partial charge on any atom is 0.335 e. The van der Waals surface area contributed by atoms with Crippen LogP contribution in [0.1, 0.15) is 27.9 Å². The molecule has 0 saturated heterocycles. The normalized spacial score (nSPS) is 11.9. The van der Waals surface area contributed by atoms with Crippen LogP contribution in [-0.4, -0.2) is 19.8 Å². The first-order valence-electron chi connectivity index (χ1n) is 10.3. The van der Waals surface area contributed by atoms with E-state index in [9.17, 15) is 13.6 Å². The van der Waals surface area contributed by atoms with Crippen LogP contribution in [0.2, 0.25) is 0 Å². The molecule has 4 aromatic rings. The standard InChI is InChI=1S/C26H23NO4S/c28-26(29)22-14-12-19(13-15-22)6-5-10-21-8-3-4-11-25(21)27(32(30)31)24-17-16-20-7-1-2-9-23(20)18-24/h1-4,7-9,11-18H,5-6,10H2,(H,28,29)(H,30,31). The van der Waals surface area contributed by atoms with Crippen molar-refractivity contribution in [2.75, 3.05) is 4.31 Å². The molecule has 0 saturated carbocycles. The second-order valence-electron chi connectivity index (χ2n) is 7.54. The Balaban J connectivity index is 1.56. The van der Waals surface area contributed by atoms with Gasteiger partial charge < -0.3 is 5.11 Å². The zero-order chi connectivity index (χ0) is 22.5. The summed E-state index contributed by atoms with van der Waals surface area (Å²) in [5, 5.41) is 11.1. The molecule has 0 amide bonds. The predicted molar refractivity (Wildman–Crippen MR) is 129 cm³/mol. The monoisotopic (exact) mass is 445 g/mol. The lowest BCUT2D eigenvalue weighted by atomic mass is 10.0. The quantitative estimate of drug-likeness (QED) is 0.327. The number of nitrogens with zero attached hydrogens (tertiary/aromatic N) is 1. The molecule has 4 aromatic carbocycles. The van der Waals surface area contributed by atoms with Crippen molar-refractivity contribution in [3.8, 4) is 0 Å². The van der Waals surface area contributed by atoms with E-state index in [1.807, 2.05) is 78.9 Å². The fourth-order valence-electron chi connectivity index (χ4n) is 3.83. The third kappa shape index (κ3) is 4.88. The average Bonchev–Trinajstić information content (AvgIpc) is 2.80. The third-order valence-electron chi connectivity index (χ3n) is 5.45. The van der Waals surface area contributed by atoms with Crippen molar-refractivity contribution >= 4 is 39.4 Å². The van der Waals surface area contributed by atoms with E-state index < -0.39 is 17.2 Å². The van der Waals surface area contributed by atoms with E-state index in [1.54, 1.807) is 12.1 Å². The molecule has 1 unspecified atom stereocenters. The second kappa shape index (κ2) is 9.77. The summed E-state index contributed by atoms with van der Waals surface area (Å²) in [6, 6.07) is 28.2. The Morgan fingerprint density at radius 1 is 0.812 bits per heavy atom. The van der Waals surface area contributed by atoms with Gasteiger partial charge in [0.2, 0.25) is 0 Å². The first-order valence-corrected chi connectivity index (χ1v) is 11.4. The minimum atomic E-state index is -2.23. The van der Waals surface area contributed by atoms with Crippen molar-refractivity contribution in [1.29, 1.82) is 0 Å². The Labute approximate surface area is 189 Å². The van der Waals surface area contributed by atoms with Gasteiger partial charge in [-0.2, -0.15) is 0 Å². The molecule has 0 heterocycles. The summed E-state index contributed by atoms with van der Waals surface area (Å²) < 4.78 is 23.9. The molecule has 1 atom stereocenters. The van der Waals surface area contributed by atoms with Crippen LogP contribution in [-0.2, 0) is 24.1 Å². The summed E-state index contributed by atoms with van der Waals surface area (Å²) in [7, 11) is 0. The van der Waals surface area contributed by atoms with Gasteiger partial charge in [0.15, 0.2) is 0 Å². The first kappa shape index (κ1) is 21.7. The molecule has 0 radical (unpaired) electrons. The zero-order valence-electron chi connectivity index (χ0n) is 17.3. The number of fused-ring (bicyclic) bond motifs is 1.